The monoisotopic (exact) mass is 430 g/mol. The highest BCUT2D eigenvalue weighted by molar-refractivity contribution is 6.31. The van der Waals surface area contributed by atoms with E-state index in [-0.39, 0.29) is 34.8 Å². The van der Waals surface area contributed by atoms with E-state index in [1.54, 1.807) is 49.5 Å². The number of rotatable bonds is 7. The average Bonchev–Trinajstić information content (AvgIpc) is 3.47. The van der Waals surface area contributed by atoms with E-state index in [0.29, 0.717) is 22.8 Å². The van der Waals surface area contributed by atoms with Gasteiger partial charge in [-0.25, -0.2) is 4.39 Å². The first-order chi connectivity index (χ1) is 14.5. The fourth-order valence-corrected chi connectivity index (χ4v) is 3.49. The van der Waals surface area contributed by atoms with Crippen LogP contribution in [0.1, 0.15) is 28.9 Å². The van der Waals surface area contributed by atoms with Crippen LogP contribution in [0.5, 0.6) is 11.5 Å². The van der Waals surface area contributed by atoms with Crippen LogP contribution in [0.15, 0.2) is 47.0 Å². The van der Waals surface area contributed by atoms with Crippen molar-refractivity contribution in [1.82, 2.24) is 10.1 Å². The van der Waals surface area contributed by atoms with E-state index >= 15 is 0 Å². The van der Waals surface area contributed by atoms with Crippen LogP contribution in [-0.4, -0.2) is 36.2 Å². The maximum absolute atomic E-state index is 14.3. The van der Waals surface area contributed by atoms with Crippen LogP contribution in [-0.2, 0) is 6.54 Å². The molecule has 1 fully saturated rings. The summed E-state index contributed by atoms with van der Waals surface area (Å²) >= 11 is 6.16. The largest absolute Gasteiger partial charge is 0.497 e. The molecule has 4 rings (SSSR count). The summed E-state index contributed by atoms with van der Waals surface area (Å²) < 4.78 is 30.3. The lowest BCUT2D eigenvalue weighted by atomic mass is 10.1. The van der Waals surface area contributed by atoms with Crippen LogP contribution in [0.4, 0.5) is 4.39 Å². The van der Waals surface area contributed by atoms with Crippen LogP contribution >= 0.6 is 11.6 Å². The average molecular weight is 431 g/mol. The molecule has 1 amide bonds. The van der Waals surface area contributed by atoms with E-state index in [4.69, 9.17) is 25.6 Å². The van der Waals surface area contributed by atoms with Crippen molar-refractivity contribution in [2.45, 2.75) is 25.4 Å². The van der Waals surface area contributed by atoms with E-state index in [1.807, 2.05) is 0 Å². The Balaban J connectivity index is 1.63. The second kappa shape index (κ2) is 8.36. The summed E-state index contributed by atoms with van der Waals surface area (Å²) in [6.07, 6.45) is 1.71. The van der Waals surface area contributed by atoms with Crippen molar-refractivity contribution in [1.29, 1.82) is 0 Å². The summed E-state index contributed by atoms with van der Waals surface area (Å²) in [6.45, 7) is 0.0691. The number of methoxy groups -OCH3 is 2. The molecule has 156 valence electrons. The van der Waals surface area contributed by atoms with E-state index < -0.39 is 5.82 Å². The Morgan fingerprint density at radius 3 is 2.70 bits per heavy atom. The van der Waals surface area contributed by atoms with Crippen LogP contribution in [0.25, 0.3) is 11.3 Å². The van der Waals surface area contributed by atoms with Gasteiger partial charge in [0.25, 0.3) is 5.91 Å². The summed E-state index contributed by atoms with van der Waals surface area (Å²) in [4.78, 5) is 14.7. The first-order valence-electron chi connectivity index (χ1n) is 9.44. The lowest BCUT2D eigenvalue weighted by Crippen LogP contribution is -2.33. The topological polar surface area (TPSA) is 64.8 Å². The lowest BCUT2D eigenvalue weighted by molar-refractivity contribution is 0.0718. The Bertz CT molecular complexity index is 1060. The van der Waals surface area contributed by atoms with Gasteiger partial charge in [0.2, 0.25) is 0 Å². The number of amides is 1. The van der Waals surface area contributed by atoms with Gasteiger partial charge in [-0.3, -0.25) is 4.79 Å². The van der Waals surface area contributed by atoms with Gasteiger partial charge in [-0.05, 0) is 43.2 Å². The van der Waals surface area contributed by atoms with Gasteiger partial charge in [0.15, 0.2) is 11.5 Å². The van der Waals surface area contributed by atoms with Gasteiger partial charge in [-0.1, -0.05) is 22.8 Å². The first kappa shape index (κ1) is 20.2. The van der Waals surface area contributed by atoms with Gasteiger partial charge in [0.1, 0.15) is 17.3 Å². The molecule has 1 heterocycles. The maximum Gasteiger partial charge on any atom is 0.276 e. The van der Waals surface area contributed by atoms with Gasteiger partial charge < -0.3 is 18.9 Å². The zero-order valence-corrected chi connectivity index (χ0v) is 17.3. The van der Waals surface area contributed by atoms with Gasteiger partial charge in [0.05, 0.1) is 26.3 Å². The van der Waals surface area contributed by atoms with Crippen molar-refractivity contribution in [3.05, 3.63) is 64.6 Å². The standard InChI is InChI=1S/C22H20ClFN2O4/c1-28-14-8-9-20(29-2)15(10-14)21-11-19(25-30-21)22(27)26(13-6-7-13)12-16-17(23)4-3-5-18(16)24/h3-5,8-11,13H,6-7,12H2,1-2H3. The highest BCUT2D eigenvalue weighted by Gasteiger charge is 2.35. The highest BCUT2D eigenvalue weighted by Crippen LogP contribution is 2.35. The summed E-state index contributed by atoms with van der Waals surface area (Å²) in [5, 5.41) is 4.24. The number of carbonyl (C=O) groups is 1. The molecule has 1 aliphatic rings. The third kappa shape index (κ3) is 3.98. The summed E-state index contributed by atoms with van der Waals surface area (Å²) in [5.41, 5.74) is 1.03. The predicted octanol–water partition coefficient (Wildman–Crippen LogP) is 4.96. The molecule has 2 aromatic carbocycles. The molecular formula is C22H20ClFN2O4. The Hall–Kier alpha value is -3.06. The van der Waals surface area contributed by atoms with Crippen LogP contribution in [0.3, 0.4) is 0 Å². The number of benzene rings is 2. The SMILES string of the molecule is COc1ccc(OC)c(-c2cc(C(=O)N(Cc3c(F)cccc3Cl)C3CC3)no2)c1. The molecule has 30 heavy (non-hydrogen) atoms. The number of halogens is 2. The molecule has 0 N–H and O–H groups in total. The minimum absolute atomic E-state index is 0.0275. The Morgan fingerprint density at radius 2 is 2.03 bits per heavy atom. The van der Waals surface area contributed by atoms with Gasteiger partial charge in [-0.15, -0.1) is 0 Å². The Morgan fingerprint density at radius 1 is 1.23 bits per heavy atom. The molecule has 0 unspecified atom stereocenters. The molecule has 0 atom stereocenters. The van der Waals surface area contributed by atoms with Gasteiger partial charge in [0, 0.05) is 22.7 Å². The molecule has 0 saturated heterocycles. The van der Waals surface area contributed by atoms with E-state index in [9.17, 15) is 9.18 Å². The van der Waals surface area contributed by atoms with Crippen molar-refractivity contribution in [2.24, 2.45) is 0 Å². The molecule has 1 aliphatic carbocycles. The van der Waals surface area contributed by atoms with Gasteiger partial charge >= 0.3 is 0 Å². The number of ether oxygens (including phenoxy) is 2. The van der Waals surface area contributed by atoms with Crippen LogP contribution < -0.4 is 9.47 Å². The summed E-state index contributed by atoms with van der Waals surface area (Å²) in [5.74, 6) is 0.761. The first-order valence-corrected chi connectivity index (χ1v) is 9.82. The van der Waals surface area contributed by atoms with Crippen LogP contribution in [0, 0.1) is 5.82 Å². The molecule has 0 bridgehead atoms. The molecular weight excluding hydrogens is 411 g/mol. The van der Waals surface area contributed by atoms with Crippen LogP contribution in [0.2, 0.25) is 5.02 Å². The lowest BCUT2D eigenvalue weighted by Gasteiger charge is -2.22. The van der Waals surface area contributed by atoms with E-state index in [2.05, 4.69) is 5.16 Å². The molecule has 0 spiro atoms. The van der Waals surface area contributed by atoms with Crippen molar-refractivity contribution in [3.8, 4) is 22.8 Å². The van der Waals surface area contributed by atoms with E-state index in [1.165, 1.54) is 12.1 Å². The fraction of sp³-hybridized carbons (Fsp3) is 0.273. The third-order valence-corrected chi connectivity index (χ3v) is 5.39. The normalized spacial score (nSPS) is 13.2. The zero-order valence-electron chi connectivity index (χ0n) is 16.5. The zero-order chi connectivity index (χ0) is 21.3. The molecule has 8 heteroatoms. The minimum atomic E-state index is -0.442. The summed E-state index contributed by atoms with van der Waals surface area (Å²) in [7, 11) is 3.10. The molecule has 1 aromatic heterocycles. The van der Waals surface area contributed by atoms with Crippen molar-refractivity contribution in [3.63, 3.8) is 0 Å². The molecule has 1 saturated carbocycles. The van der Waals surface area contributed by atoms with Crippen molar-refractivity contribution < 1.29 is 23.2 Å². The number of hydrogen-bond acceptors (Lipinski definition) is 5. The van der Waals surface area contributed by atoms with Crippen molar-refractivity contribution in [2.75, 3.05) is 14.2 Å². The molecule has 0 aliphatic heterocycles. The Kier molecular flexibility index (Phi) is 5.63. The highest BCUT2D eigenvalue weighted by atomic mass is 35.5. The smallest absolute Gasteiger partial charge is 0.276 e. The molecule has 0 radical (unpaired) electrons. The van der Waals surface area contributed by atoms with Gasteiger partial charge in [-0.2, -0.15) is 0 Å². The third-order valence-electron chi connectivity index (χ3n) is 5.04. The van der Waals surface area contributed by atoms with E-state index in [0.717, 1.165) is 12.8 Å². The second-order valence-corrected chi connectivity index (χ2v) is 7.41. The molecule has 3 aromatic rings. The predicted molar refractivity (Wildman–Crippen MR) is 109 cm³/mol. The quantitative estimate of drug-likeness (QED) is 0.530. The number of hydrogen-bond donors (Lipinski definition) is 0. The summed E-state index contributed by atoms with van der Waals surface area (Å²) in [6, 6.07) is 11.3. The minimum Gasteiger partial charge on any atom is -0.497 e. The Labute approximate surface area is 178 Å². The number of nitrogens with zero attached hydrogens (tertiary/aromatic N) is 2. The number of carbonyl (C=O) groups excluding carboxylic acids is 1. The maximum atomic E-state index is 14.3. The fourth-order valence-electron chi connectivity index (χ4n) is 3.26. The number of aromatic nitrogens is 1. The second-order valence-electron chi connectivity index (χ2n) is 7.01. The van der Waals surface area contributed by atoms with Crippen molar-refractivity contribution >= 4 is 17.5 Å². The molecule has 6 nitrogen and oxygen atoms in total.